The highest BCUT2D eigenvalue weighted by atomic mass is 32.2. The minimum atomic E-state index is -3.21. The van der Waals surface area contributed by atoms with E-state index in [1.807, 2.05) is 0 Å². The predicted molar refractivity (Wildman–Crippen MR) is 71.7 cm³/mol. The number of nitrogens with zero attached hydrogens (tertiary/aromatic N) is 3. The maximum Gasteiger partial charge on any atom is 0.290 e. The molecule has 0 aliphatic carbocycles. The van der Waals surface area contributed by atoms with Crippen LogP contribution in [0.4, 0.5) is 11.5 Å². The molecule has 0 aromatic carbocycles. The highest BCUT2D eigenvalue weighted by Crippen LogP contribution is 2.20. The first-order valence-electron chi connectivity index (χ1n) is 5.47. The molecule has 0 saturated carbocycles. The number of rotatable bonds is 6. The average Bonchev–Trinajstić information content (AvgIpc) is 2.26. The predicted octanol–water partition coefficient (Wildman–Crippen LogP) is 0.284. The minimum Gasteiger partial charge on any atom is -0.358 e. The van der Waals surface area contributed by atoms with Crippen LogP contribution >= 0.6 is 0 Å². The van der Waals surface area contributed by atoms with Crippen molar-refractivity contribution in [3.63, 3.8) is 0 Å². The number of likely N-dealkylation sites (N-methyl/N-ethyl adjacent to an activating group) is 1. The van der Waals surface area contributed by atoms with Crippen LogP contribution < -0.4 is 9.62 Å². The first-order valence-corrected chi connectivity index (χ1v) is 7.36. The number of aryl methyl sites for hydroxylation is 1. The van der Waals surface area contributed by atoms with Crippen molar-refractivity contribution in [3.8, 4) is 0 Å². The number of aromatic nitrogens is 1. The van der Waals surface area contributed by atoms with Gasteiger partial charge < -0.3 is 4.90 Å². The third-order valence-corrected chi connectivity index (χ3v) is 3.20. The molecule has 0 aliphatic heterocycles. The van der Waals surface area contributed by atoms with Gasteiger partial charge in [0, 0.05) is 25.7 Å². The van der Waals surface area contributed by atoms with Crippen LogP contribution in [0.3, 0.4) is 0 Å². The normalized spacial score (nSPS) is 11.3. The molecular formula is C10H16N4O4S. The molecule has 0 saturated heterocycles. The van der Waals surface area contributed by atoms with Crippen LogP contribution in [0.5, 0.6) is 0 Å². The van der Waals surface area contributed by atoms with Crippen LogP contribution in [0.15, 0.2) is 12.3 Å². The second-order valence-corrected chi connectivity index (χ2v) is 6.01. The fraction of sp³-hybridized carbons (Fsp3) is 0.500. The summed E-state index contributed by atoms with van der Waals surface area (Å²) in [5, 5.41) is 10.7. The summed E-state index contributed by atoms with van der Waals surface area (Å²) >= 11 is 0. The van der Waals surface area contributed by atoms with Crippen molar-refractivity contribution in [2.75, 3.05) is 31.3 Å². The molecule has 1 heterocycles. The topological polar surface area (TPSA) is 105 Å². The maximum absolute atomic E-state index is 10.9. The Morgan fingerprint density at radius 1 is 1.53 bits per heavy atom. The second kappa shape index (κ2) is 5.93. The standard InChI is InChI=1S/C10H16N4O4S/c1-8-6-10(11-7-9(8)14(15)16)13(2)5-4-12-19(3,17)18/h6-7,12H,4-5H2,1-3H3. The lowest BCUT2D eigenvalue weighted by Crippen LogP contribution is -2.32. The monoisotopic (exact) mass is 288 g/mol. The Morgan fingerprint density at radius 2 is 2.16 bits per heavy atom. The lowest BCUT2D eigenvalue weighted by Gasteiger charge is -2.18. The van der Waals surface area contributed by atoms with E-state index in [0.29, 0.717) is 17.9 Å². The Kier molecular flexibility index (Phi) is 4.78. The van der Waals surface area contributed by atoms with Crippen molar-refractivity contribution in [2.45, 2.75) is 6.92 Å². The fourth-order valence-corrected chi connectivity index (χ4v) is 1.91. The summed E-state index contributed by atoms with van der Waals surface area (Å²) < 4.78 is 24.2. The molecule has 0 radical (unpaired) electrons. The zero-order valence-corrected chi connectivity index (χ0v) is 11.8. The Bertz CT molecular complexity index is 573. The van der Waals surface area contributed by atoms with Crippen LogP contribution in [-0.2, 0) is 10.0 Å². The number of hydrogen-bond acceptors (Lipinski definition) is 6. The molecule has 19 heavy (non-hydrogen) atoms. The molecule has 0 atom stereocenters. The zero-order valence-electron chi connectivity index (χ0n) is 11.0. The minimum absolute atomic E-state index is 0.0357. The molecule has 1 N–H and O–H groups in total. The van der Waals surface area contributed by atoms with Crippen LogP contribution in [0, 0.1) is 17.0 Å². The number of pyridine rings is 1. The van der Waals surface area contributed by atoms with E-state index >= 15 is 0 Å². The van der Waals surface area contributed by atoms with E-state index in [1.54, 1.807) is 24.9 Å². The van der Waals surface area contributed by atoms with E-state index in [0.717, 1.165) is 6.26 Å². The van der Waals surface area contributed by atoms with E-state index < -0.39 is 14.9 Å². The average molecular weight is 288 g/mol. The summed E-state index contributed by atoms with van der Waals surface area (Å²) in [7, 11) is -1.48. The summed E-state index contributed by atoms with van der Waals surface area (Å²) in [5.74, 6) is 0.554. The number of hydrogen-bond donors (Lipinski definition) is 1. The molecule has 106 valence electrons. The number of anilines is 1. The van der Waals surface area contributed by atoms with Crippen molar-refractivity contribution in [2.24, 2.45) is 0 Å². The SMILES string of the molecule is Cc1cc(N(C)CCNS(C)(=O)=O)ncc1[N+](=O)[O-]. The van der Waals surface area contributed by atoms with Crippen molar-refractivity contribution in [1.82, 2.24) is 9.71 Å². The highest BCUT2D eigenvalue weighted by Gasteiger charge is 2.13. The first kappa shape index (κ1) is 15.3. The molecule has 0 unspecified atom stereocenters. The molecule has 0 spiro atoms. The Morgan fingerprint density at radius 3 is 2.63 bits per heavy atom. The fourth-order valence-electron chi connectivity index (χ4n) is 1.45. The summed E-state index contributed by atoms with van der Waals surface area (Å²) in [6.45, 7) is 2.29. The number of nitrogens with one attached hydrogen (secondary N) is 1. The maximum atomic E-state index is 10.9. The largest absolute Gasteiger partial charge is 0.358 e. The van der Waals surface area contributed by atoms with Gasteiger partial charge in [0.15, 0.2) is 0 Å². The van der Waals surface area contributed by atoms with Gasteiger partial charge in [-0.2, -0.15) is 0 Å². The Labute approximate surface area is 111 Å². The zero-order chi connectivity index (χ0) is 14.6. The summed E-state index contributed by atoms with van der Waals surface area (Å²) in [4.78, 5) is 15.9. The molecule has 0 aliphatic rings. The summed E-state index contributed by atoms with van der Waals surface area (Å²) in [6.07, 6.45) is 2.28. The van der Waals surface area contributed by atoms with Crippen molar-refractivity contribution >= 4 is 21.5 Å². The molecule has 0 fully saturated rings. The van der Waals surface area contributed by atoms with Gasteiger partial charge in [-0.3, -0.25) is 10.1 Å². The van der Waals surface area contributed by atoms with Crippen molar-refractivity contribution < 1.29 is 13.3 Å². The van der Waals surface area contributed by atoms with Crippen LogP contribution in [0.25, 0.3) is 0 Å². The highest BCUT2D eigenvalue weighted by molar-refractivity contribution is 7.88. The third-order valence-electron chi connectivity index (χ3n) is 2.47. The number of nitro groups is 1. The van der Waals surface area contributed by atoms with E-state index in [-0.39, 0.29) is 12.2 Å². The molecule has 1 rings (SSSR count). The van der Waals surface area contributed by atoms with Crippen LogP contribution in [0.2, 0.25) is 0 Å². The van der Waals surface area contributed by atoms with Gasteiger partial charge in [-0.05, 0) is 13.0 Å². The van der Waals surface area contributed by atoms with Gasteiger partial charge in [-0.25, -0.2) is 18.1 Å². The van der Waals surface area contributed by atoms with Gasteiger partial charge in [0.1, 0.15) is 12.0 Å². The smallest absolute Gasteiger partial charge is 0.290 e. The summed E-state index contributed by atoms with van der Waals surface area (Å²) in [6, 6.07) is 1.60. The Balaban J connectivity index is 2.70. The van der Waals surface area contributed by atoms with Gasteiger partial charge in [0.25, 0.3) is 5.69 Å². The van der Waals surface area contributed by atoms with Gasteiger partial charge >= 0.3 is 0 Å². The van der Waals surface area contributed by atoms with Crippen molar-refractivity contribution in [3.05, 3.63) is 27.9 Å². The molecule has 1 aromatic heterocycles. The van der Waals surface area contributed by atoms with Gasteiger partial charge in [-0.1, -0.05) is 0 Å². The quantitative estimate of drug-likeness (QED) is 0.595. The van der Waals surface area contributed by atoms with Gasteiger partial charge in [-0.15, -0.1) is 0 Å². The Hall–Kier alpha value is -1.74. The van der Waals surface area contributed by atoms with Crippen molar-refractivity contribution in [1.29, 1.82) is 0 Å². The molecular weight excluding hydrogens is 272 g/mol. The van der Waals surface area contributed by atoms with Crippen LogP contribution in [-0.4, -0.2) is 44.7 Å². The van der Waals surface area contributed by atoms with Gasteiger partial charge in [0.05, 0.1) is 11.2 Å². The third kappa shape index (κ3) is 4.79. The first-order chi connectivity index (χ1) is 8.70. The lowest BCUT2D eigenvalue weighted by atomic mass is 10.2. The molecule has 0 bridgehead atoms. The molecule has 1 aromatic rings. The van der Waals surface area contributed by atoms with E-state index in [9.17, 15) is 18.5 Å². The van der Waals surface area contributed by atoms with Crippen LogP contribution in [0.1, 0.15) is 5.56 Å². The molecule has 8 nitrogen and oxygen atoms in total. The van der Waals surface area contributed by atoms with E-state index in [2.05, 4.69) is 9.71 Å². The van der Waals surface area contributed by atoms with Gasteiger partial charge in [0.2, 0.25) is 10.0 Å². The molecule has 9 heteroatoms. The second-order valence-electron chi connectivity index (χ2n) is 4.17. The van der Waals surface area contributed by atoms with E-state index in [1.165, 1.54) is 6.20 Å². The van der Waals surface area contributed by atoms with E-state index in [4.69, 9.17) is 0 Å². The summed E-state index contributed by atoms with van der Waals surface area (Å²) in [5.41, 5.74) is 0.476. The molecule has 0 amide bonds. The number of sulfonamides is 1. The lowest BCUT2D eigenvalue weighted by molar-refractivity contribution is -0.385.